The van der Waals surface area contributed by atoms with Gasteiger partial charge in [-0.1, -0.05) is 5.21 Å². The molecule has 0 saturated carbocycles. The van der Waals surface area contributed by atoms with Gasteiger partial charge in [0.25, 0.3) is 0 Å². The summed E-state index contributed by atoms with van der Waals surface area (Å²) in [5.74, 6) is -1.50. The standard InChI is InChI=1S/C10H11N5O3S/c1-5-4-19-10(11-5)12-7(16)3-15-6(2)8(9(17)18)13-14-15/h4H,3H2,1-2H3,(H,17,18)(H,11,12,16). The second-order valence-electron chi connectivity index (χ2n) is 3.83. The molecule has 0 spiro atoms. The van der Waals surface area contributed by atoms with Crippen molar-refractivity contribution in [2.24, 2.45) is 0 Å². The Morgan fingerprint density at radius 1 is 1.47 bits per heavy atom. The Hall–Kier alpha value is -2.29. The fourth-order valence-corrected chi connectivity index (χ4v) is 2.12. The Bertz CT molecular complexity index is 633. The number of carbonyl (C=O) groups is 2. The molecule has 0 aromatic carbocycles. The molecule has 2 N–H and O–H groups in total. The SMILES string of the molecule is Cc1csc(NC(=O)Cn2nnc(C(=O)O)c2C)n1. The van der Waals surface area contributed by atoms with Crippen molar-refractivity contribution in [1.82, 2.24) is 20.0 Å². The van der Waals surface area contributed by atoms with E-state index in [-0.39, 0.29) is 18.1 Å². The Balaban J connectivity index is 2.05. The molecule has 19 heavy (non-hydrogen) atoms. The van der Waals surface area contributed by atoms with Crippen molar-refractivity contribution in [3.63, 3.8) is 0 Å². The Morgan fingerprint density at radius 3 is 2.74 bits per heavy atom. The van der Waals surface area contributed by atoms with E-state index in [9.17, 15) is 9.59 Å². The second-order valence-corrected chi connectivity index (χ2v) is 4.69. The number of amides is 1. The van der Waals surface area contributed by atoms with Crippen LogP contribution in [0.2, 0.25) is 0 Å². The van der Waals surface area contributed by atoms with Crippen molar-refractivity contribution < 1.29 is 14.7 Å². The van der Waals surface area contributed by atoms with E-state index in [1.807, 2.05) is 12.3 Å². The molecule has 0 aliphatic heterocycles. The number of aryl methyl sites for hydroxylation is 1. The largest absolute Gasteiger partial charge is 0.476 e. The summed E-state index contributed by atoms with van der Waals surface area (Å²) in [5.41, 5.74) is 1.00. The highest BCUT2D eigenvalue weighted by Gasteiger charge is 2.17. The molecule has 2 rings (SSSR count). The minimum absolute atomic E-state index is 0.106. The molecule has 2 aromatic heterocycles. The van der Waals surface area contributed by atoms with E-state index in [4.69, 9.17) is 5.11 Å². The van der Waals surface area contributed by atoms with Crippen LogP contribution in [-0.2, 0) is 11.3 Å². The number of aromatic nitrogens is 4. The molecule has 0 radical (unpaired) electrons. The zero-order chi connectivity index (χ0) is 14.0. The lowest BCUT2D eigenvalue weighted by atomic mass is 10.3. The van der Waals surface area contributed by atoms with Gasteiger partial charge in [-0.15, -0.1) is 16.4 Å². The molecule has 0 fully saturated rings. The molecule has 2 heterocycles. The summed E-state index contributed by atoms with van der Waals surface area (Å²) in [7, 11) is 0. The molecular weight excluding hydrogens is 270 g/mol. The number of thiazole rings is 1. The molecule has 9 heteroatoms. The minimum Gasteiger partial charge on any atom is -0.476 e. The number of anilines is 1. The fourth-order valence-electron chi connectivity index (χ4n) is 1.41. The second kappa shape index (κ2) is 5.14. The van der Waals surface area contributed by atoms with Gasteiger partial charge in [-0.25, -0.2) is 14.5 Å². The lowest BCUT2D eigenvalue weighted by Gasteiger charge is -2.03. The number of hydrogen-bond acceptors (Lipinski definition) is 6. The highest BCUT2D eigenvalue weighted by Crippen LogP contribution is 2.14. The zero-order valence-corrected chi connectivity index (χ0v) is 11.1. The third-order valence-corrected chi connectivity index (χ3v) is 3.22. The fraction of sp³-hybridized carbons (Fsp3) is 0.300. The molecule has 1 amide bonds. The average Bonchev–Trinajstić information content (AvgIpc) is 2.87. The van der Waals surface area contributed by atoms with Crippen molar-refractivity contribution in [1.29, 1.82) is 0 Å². The number of carbonyl (C=O) groups excluding carboxylic acids is 1. The molecule has 2 aromatic rings. The first-order chi connectivity index (χ1) is 8.97. The summed E-state index contributed by atoms with van der Waals surface area (Å²) in [6, 6.07) is 0. The van der Waals surface area contributed by atoms with Gasteiger partial charge in [0.15, 0.2) is 10.8 Å². The minimum atomic E-state index is -1.17. The number of hydrogen-bond donors (Lipinski definition) is 2. The Labute approximate surface area is 112 Å². The predicted molar refractivity (Wildman–Crippen MR) is 67.2 cm³/mol. The summed E-state index contributed by atoms with van der Waals surface area (Å²) in [5, 5.41) is 20.9. The predicted octanol–water partition coefficient (Wildman–Crippen LogP) is 0.688. The van der Waals surface area contributed by atoms with Gasteiger partial charge >= 0.3 is 5.97 Å². The quantitative estimate of drug-likeness (QED) is 0.853. The van der Waals surface area contributed by atoms with Gasteiger partial charge < -0.3 is 10.4 Å². The van der Waals surface area contributed by atoms with Crippen LogP contribution >= 0.6 is 11.3 Å². The van der Waals surface area contributed by atoms with Gasteiger partial charge in [-0.3, -0.25) is 4.79 Å². The molecule has 100 valence electrons. The van der Waals surface area contributed by atoms with Gasteiger partial charge in [0.05, 0.1) is 11.4 Å². The third-order valence-electron chi connectivity index (χ3n) is 2.34. The van der Waals surface area contributed by atoms with Crippen LogP contribution in [0.1, 0.15) is 21.9 Å². The van der Waals surface area contributed by atoms with Crippen molar-refractivity contribution in [3.05, 3.63) is 22.5 Å². The smallest absolute Gasteiger partial charge is 0.358 e. The number of aromatic carboxylic acids is 1. The molecule has 0 saturated heterocycles. The Morgan fingerprint density at radius 2 is 2.21 bits per heavy atom. The van der Waals surface area contributed by atoms with E-state index in [1.54, 1.807) is 6.92 Å². The van der Waals surface area contributed by atoms with Crippen LogP contribution in [0.15, 0.2) is 5.38 Å². The lowest BCUT2D eigenvalue weighted by molar-refractivity contribution is -0.117. The van der Waals surface area contributed by atoms with E-state index in [2.05, 4.69) is 20.6 Å². The van der Waals surface area contributed by atoms with Crippen molar-refractivity contribution in [3.8, 4) is 0 Å². The zero-order valence-electron chi connectivity index (χ0n) is 10.2. The number of carboxylic acids is 1. The molecule has 0 bridgehead atoms. The van der Waals surface area contributed by atoms with E-state index < -0.39 is 5.97 Å². The molecule has 0 unspecified atom stereocenters. The van der Waals surface area contributed by atoms with Crippen LogP contribution in [0.3, 0.4) is 0 Å². The van der Waals surface area contributed by atoms with E-state index >= 15 is 0 Å². The van der Waals surface area contributed by atoms with Crippen molar-refractivity contribution in [2.45, 2.75) is 20.4 Å². The molecule has 0 aliphatic rings. The van der Waals surface area contributed by atoms with Crippen molar-refractivity contribution in [2.75, 3.05) is 5.32 Å². The average molecular weight is 281 g/mol. The van der Waals surface area contributed by atoms with Crippen LogP contribution in [-0.4, -0.2) is 37.0 Å². The summed E-state index contributed by atoms with van der Waals surface area (Å²) >= 11 is 1.32. The number of carboxylic acid groups (broad SMARTS) is 1. The summed E-state index contributed by atoms with van der Waals surface area (Å²) in [4.78, 5) is 26.6. The highest BCUT2D eigenvalue weighted by molar-refractivity contribution is 7.13. The topological polar surface area (TPSA) is 110 Å². The van der Waals surface area contributed by atoms with E-state index in [1.165, 1.54) is 16.0 Å². The maximum atomic E-state index is 11.7. The lowest BCUT2D eigenvalue weighted by Crippen LogP contribution is -2.20. The number of nitrogens with one attached hydrogen (secondary N) is 1. The summed E-state index contributed by atoms with van der Waals surface area (Å²) in [6.45, 7) is 3.27. The van der Waals surface area contributed by atoms with Crippen LogP contribution in [0.25, 0.3) is 0 Å². The first-order valence-electron chi connectivity index (χ1n) is 5.32. The van der Waals surface area contributed by atoms with Gasteiger partial charge in [0, 0.05) is 5.38 Å². The van der Waals surface area contributed by atoms with Crippen molar-refractivity contribution >= 4 is 28.3 Å². The van der Waals surface area contributed by atoms with Crippen LogP contribution in [0.4, 0.5) is 5.13 Å². The van der Waals surface area contributed by atoms with Crippen LogP contribution in [0, 0.1) is 13.8 Å². The van der Waals surface area contributed by atoms with Gasteiger partial charge in [0.1, 0.15) is 6.54 Å². The molecule has 0 atom stereocenters. The first kappa shape index (κ1) is 13.1. The van der Waals surface area contributed by atoms with Gasteiger partial charge in [-0.2, -0.15) is 0 Å². The summed E-state index contributed by atoms with van der Waals surface area (Å²) < 4.78 is 1.24. The van der Waals surface area contributed by atoms with Gasteiger partial charge in [-0.05, 0) is 13.8 Å². The van der Waals surface area contributed by atoms with E-state index in [0.717, 1.165) is 5.69 Å². The Kier molecular flexibility index (Phi) is 3.56. The van der Waals surface area contributed by atoms with Crippen LogP contribution < -0.4 is 5.32 Å². The maximum absolute atomic E-state index is 11.7. The molecule has 8 nitrogen and oxygen atoms in total. The van der Waals surface area contributed by atoms with Crippen LogP contribution in [0.5, 0.6) is 0 Å². The molecule has 0 aliphatic carbocycles. The normalized spacial score (nSPS) is 10.4. The maximum Gasteiger partial charge on any atom is 0.358 e. The number of nitrogens with zero attached hydrogens (tertiary/aromatic N) is 4. The van der Waals surface area contributed by atoms with E-state index in [0.29, 0.717) is 10.8 Å². The molecular formula is C10H11N5O3S. The monoisotopic (exact) mass is 281 g/mol. The number of rotatable bonds is 4. The third kappa shape index (κ3) is 2.94. The first-order valence-corrected chi connectivity index (χ1v) is 6.20. The summed E-state index contributed by atoms with van der Waals surface area (Å²) in [6.07, 6.45) is 0. The van der Waals surface area contributed by atoms with Gasteiger partial charge in [0.2, 0.25) is 5.91 Å². The highest BCUT2D eigenvalue weighted by atomic mass is 32.1.